The zero-order valence-electron chi connectivity index (χ0n) is 10.3. The Morgan fingerprint density at radius 1 is 1.63 bits per heavy atom. The molecule has 1 N–H and O–H groups in total. The first kappa shape index (κ1) is 14.9. The Kier molecular flexibility index (Phi) is 5.25. The van der Waals surface area contributed by atoms with Crippen molar-refractivity contribution < 1.29 is 14.5 Å². The lowest BCUT2D eigenvalue weighted by Crippen LogP contribution is -2.38. The molecule has 0 saturated heterocycles. The van der Waals surface area contributed by atoms with E-state index in [9.17, 15) is 14.9 Å². The molecule has 0 aromatic carbocycles. The van der Waals surface area contributed by atoms with Gasteiger partial charge in [-0.15, -0.1) is 0 Å². The number of likely N-dealkylation sites (N-methyl/N-ethyl adjacent to an activating group) is 1. The van der Waals surface area contributed by atoms with E-state index in [-0.39, 0.29) is 16.6 Å². The highest BCUT2D eigenvalue weighted by molar-refractivity contribution is 6.29. The molecule has 0 aliphatic carbocycles. The van der Waals surface area contributed by atoms with E-state index in [1.54, 1.807) is 6.92 Å². The van der Waals surface area contributed by atoms with Gasteiger partial charge < -0.3 is 10.1 Å². The molecule has 0 aliphatic rings. The Bertz CT molecular complexity index is 501. The van der Waals surface area contributed by atoms with Crippen LogP contribution in [0.2, 0.25) is 5.15 Å². The first-order chi connectivity index (χ1) is 8.99. The second-order valence-corrected chi connectivity index (χ2v) is 3.78. The van der Waals surface area contributed by atoms with Crippen LogP contribution in [0.1, 0.15) is 6.92 Å². The maximum absolute atomic E-state index is 11.9. The van der Waals surface area contributed by atoms with Crippen LogP contribution < -0.4 is 10.1 Å². The van der Waals surface area contributed by atoms with Gasteiger partial charge in [0, 0.05) is 7.05 Å². The van der Waals surface area contributed by atoms with Gasteiger partial charge in [0.1, 0.15) is 10.9 Å². The van der Waals surface area contributed by atoms with E-state index in [1.807, 2.05) is 0 Å². The average molecular weight is 286 g/mol. The molecule has 0 spiro atoms. The Morgan fingerprint density at radius 2 is 2.32 bits per heavy atom. The number of pyridine rings is 1. The van der Waals surface area contributed by atoms with Crippen LogP contribution in [0.4, 0.5) is 0 Å². The molecule has 1 rings (SSSR count). The van der Waals surface area contributed by atoms with Crippen molar-refractivity contribution >= 4 is 17.4 Å². The Labute approximate surface area is 114 Å². The summed E-state index contributed by atoms with van der Waals surface area (Å²) in [6.07, 6.45) is 0.810. The van der Waals surface area contributed by atoms with Crippen LogP contribution in [0.3, 0.4) is 0 Å². The minimum absolute atomic E-state index is 0.0889. The highest BCUT2D eigenvalue weighted by Gasteiger charge is 2.34. The molecule has 0 aliphatic heterocycles. The van der Waals surface area contributed by atoms with Gasteiger partial charge >= 0.3 is 6.23 Å². The van der Waals surface area contributed by atoms with Gasteiger partial charge in [-0.25, -0.2) is 4.98 Å². The molecule has 1 heterocycles. The smallest absolute Gasteiger partial charge is 0.419 e. The van der Waals surface area contributed by atoms with Crippen molar-refractivity contribution in [1.29, 1.82) is 0 Å². The van der Waals surface area contributed by atoms with Crippen molar-refractivity contribution in [1.82, 2.24) is 10.3 Å². The lowest BCUT2D eigenvalue weighted by atomic mass is 10.2. The summed E-state index contributed by atoms with van der Waals surface area (Å²) in [5.74, 6) is -0.684. The van der Waals surface area contributed by atoms with Crippen LogP contribution >= 0.6 is 11.6 Å². The summed E-state index contributed by atoms with van der Waals surface area (Å²) in [5, 5.41) is 13.7. The molecule has 0 saturated carbocycles. The highest BCUT2D eigenvalue weighted by Crippen LogP contribution is 2.15. The molecule has 19 heavy (non-hydrogen) atoms. The number of carbonyl (C=O) groups is 1. The fourth-order valence-corrected chi connectivity index (χ4v) is 1.41. The molecular formula is C11H12ClN3O4. The third-order valence-corrected chi connectivity index (χ3v) is 2.41. The van der Waals surface area contributed by atoms with Crippen molar-refractivity contribution in [3.05, 3.63) is 45.4 Å². The van der Waals surface area contributed by atoms with Crippen LogP contribution in [-0.2, 0) is 4.79 Å². The van der Waals surface area contributed by atoms with E-state index < -0.39 is 16.9 Å². The van der Waals surface area contributed by atoms with Crippen molar-refractivity contribution in [2.24, 2.45) is 0 Å². The maximum Gasteiger partial charge on any atom is 0.419 e. The molecule has 0 radical (unpaired) electrons. The number of hydrogen-bond donors (Lipinski definition) is 1. The zero-order chi connectivity index (χ0) is 14.4. The molecule has 7 nitrogen and oxygen atoms in total. The number of halogens is 1. The number of rotatable bonds is 6. The van der Waals surface area contributed by atoms with Gasteiger partial charge in [-0.2, -0.15) is 0 Å². The molecule has 0 bridgehead atoms. The number of ether oxygens (including phenoxy) is 1. The van der Waals surface area contributed by atoms with E-state index in [4.69, 9.17) is 16.3 Å². The largest absolute Gasteiger partial charge is 0.422 e. The fourth-order valence-electron chi connectivity index (χ4n) is 1.30. The zero-order valence-corrected chi connectivity index (χ0v) is 11.0. The second kappa shape index (κ2) is 6.69. The van der Waals surface area contributed by atoms with E-state index in [0.717, 1.165) is 0 Å². The lowest BCUT2D eigenvalue weighted by Gasteiger charge is -2.12. The van der Waals surface area contributed by atoms with Crippen LogP contribution in [0, 0.1) is 10.1 Å². The van der Waals surface area contributed by atoms with E-state index in [2.05, 4.69) is 10.3 Å². The molecule has 102 valence electrons. The predicted octanol–water partition coefficient (Wildman–Crippen LogP) is 1.41. The predicted molar refractivity (Wildman–Crippen MR) is 68.5 cm³/mol. The molecular weight excluding hydrogens is 274 g/mol. The summed E-state index contributed by atoms with van der Waals surface area (Å²) in [6, 6.07) is 2.81. The summed E-state index contributed by atoms with van der Waals surface area (Å²) in [5.41, 5.74) is 0.101. The molecule has 0 fully saturated rings. The quantitative estimate of drug-likeness (QED) is 0.279. The normalized spacial score (nSPS) is 12.7. The number of ketones is 1. The van der Waals surface area contributed by atoms with E-state index >= 15 is 0 Å². The topological polar surface area (TPSA) is 94.4 Å². The fraction of sp³-hybridized carbons (Fsp3) is 0.273. The molecule has 1 atom stereocenters. The number of allylic oxidation sites excluding steroid dienone is 1. The molecule has 1 aromatic heterocycles. The Balaban J connectivity index is 2.93. The SMILES string of the molecule is CC=C(NC)C(=O)C(Oc1ccc(Cl)nc1)[N+](=O)[O-]. The van der Waals surface area contributed by atoms with Gasteiger partial charge in [-0.05, 0) is 19.1 Å². The summed E-state index contributed by atoms with van der Waals surface area (Å²) < 4.78 is 5.03. The Hall–Kier alpha value is -2.15. The number of nitro groups is 1. The van der Waals surface area contributed by atoms with Gasteiger partial charge in [0.15, 0.2) is 0 Å². The summed E-state index contributed by atoms with van der Waals surface area (Å²) in [7, 11) is 1.49. The van der Waals surface area contributed by atoms with E-state index in [0.29, 0.717) is 0 Å². The van der Waals surface area contributed by atoms with Gasteiger partial charge in [0.25, 0.3) is 5.78 Å². The minimum atomic E-state index is -1.83. The monoisotopic (exact) mass is 285 g/mol. The third kappa shape index (κ3) is 3.92. The van der Waals surface area contributed by atoms with Crippen molar-refractivity contribution in [3.63, 3.8) is 0 Å². The molecule has 1 aromatic rings. The van der Waals surface area contributed by atoms with Gasteiger partial charge in [-0.3, -0.25) is 14.9 Å². The van der Waals surface area contributed by atoms with Crippen LogP contribution in [0.25, 0.3) is 0 Å². The van der Waals surface area contributed by atoms with Crippen molar-refractivity contribution in [2.75, 3.05) is 7.05 Å². The highest BCUT2D eigenvalue weighted by atomic mass is 35.5. The van der Waals surface area contributed by atoms with E-state index in [1.165, 1.54) is 31.5 Å². The summed E-state index contributed by atoms with van der Waals surface area (Å²) in [6.45, 7) is 1.59. The first-order valence-electron chi connectivity index (χ1n) is 5.29. The maximum atomic E-state index is 11.9. The number of nitrogens with zero attached hydrogens (tertiary/aromatic N) is 2. The number of hydrogen-bond acceptors (Lipinski definition) is 6. The van der Waals surface area contributed by atoms with Crippen LogP contribution in [0.15, 0.2) is 30.1 Å². The molecule has 0 amide bonds. The van der Waals surface area contributed by atoms with Crippen molar-refractivity contribution in [2.45, 2.75) is 13.2 Å². The third-order valence-electron chi connectivity index (χ3n) is 2.19. The lowest BCUT2D eigenvalue weighted by molar-refractivity contribution is -0.544. The number of nitrogens with one attached hydrogen (secondary N) is 1. The minimum Gasteiger partial charge on any atom is -0.422 e. The van der Waals surface area contributed by atoms with Crippen LogP contribution in [0.5, 0.6) is 5.75 Å². The number of carbonyl (C=O) groups excluding carboxylic acids is 1. The van der Waals surface area contributed by atoms with Crippen LogP contribution in [-0.4, -0.2) is 29.0 Å². The van der Waals surface area contributed by atoms with Crippen molar-refractivity contribution in [3.8, 4) is 5.75 Å². The average Bonchev–Trinajstić information content (AvgIpc) is 2.38. The summed E-state index contributed by atoms with van der Waals surface area (Å²) in [4.78, 5) is 25.7. The summed E-state index contributed by atoms with van der Waals surface area (Å²) >= 11 is 5.58. The first-order valence-corrected chi connectivity index (χ1v) is 5.67. The molecule has 1 unspecified atom stereocenters. The standard InChI is InChI=1S/C11H12ClN3O4/c1-3-8(13-2)10(16)11(15(17)18)19-7-4-5-9(12)14-6-7/h3-6,11,13H,1-2H3. The number of Topliss-reactive ketones (excluding diaryl/α,β-unsaturated/α-hetero) is 1. The van der Waals surface area contributed by atoms with Gasteiger partial charge in [0.05, 0.1) is 16.8 Å². The molecule has 8 heteroatoms. The second-order valence-electron chi connectivity index (χ2n) is 3.39. The van der Waals surface area contributed by atoms with Gasteiger partial charge in [-0.1, -0.05) is 17.7 Å². The number of aromatic nitrogens is 1. The Morgan fingerprint density at radius 3 is 2.74 bits per heavy atom. The van der Waals surface area contributed by atoms with Gasteiger partial charge in [0.2, 0.25) is 0 Å².